The minimum absolute atomic E-state index is 0.230. The standard InChI is InChI=1S/C14H19ClN2O3S/c1-20-14-5-4-12(10-13(14)15)21(18,19)17-8-6-16(7-9-17)11-2-3-11/h4-5,10-11H,2-3,6-9H2,1H3. The van der Waals surface area contributed by atoms with E-state index >= 15 is 0 Å². The third-order valence-corrected chi connectivity index (χ3v) is 6.29. The van der Waals surface area contributed by atoms with Gasteiger partial charge in [0.1, 0.15) is 5.75 Å². The van der Waals surface area contributed by atoms with Crippen LogP contribution in [0.2, 0.25) is 5.02 Å². The van der Waals surface area contributed by atoms with Crippen molar-refractivity contribution in [3.05, 3.63) is 23.2 Å². The zero-order valence-corrected chi connectivity index (χ0v) is 13.5. The molecule has 1 saturated carbocycles. The maximum Gasteiger partial charge on any atom is 0.243 e. The highest BCUT2D eigenvalue weighted by molar-refractivity contribution is 7.89. The number of sulfonamides is 1. The fourth-order valence-electron chi connectivity index (χ4n) is 2.71. The molecule has 5 nitrogen and oxygen atoms in total. The molecule has 7 heteroatoms. The molecule has 2 fully saturated rings. The summed E-state index contributed by atoms with van der Waals surface area (Å²) in [4.78, 5) is 2.61. The molecule has 116 valence electrons. The molecular weight excluding hydrogens is 312 g/mol. The Hall–Kier alpha value is -0.820. The minimum atomic E-state index is -3.47. The Balaban J connectivity index is 1.75. The Morgan fingerprint density at radius 3 is 2.38 bits per heavy atom. The molecule has 0 unspecified atom stereocenters. The molecule has 1 aromatic rings. The number of rotatable bonds is 4. The molecular formula is C14H19ClN2O3S. The summed E-state index contributed by atoms with van der Waals surface area (Å²) < 4.78 is 31.9. The van der Waals surface area contributed by atoms with Crippen molar-refractivity contribution in [3.8, 4) is 5.75 Å². The fourth-order valence-corrected chi connectivity index (χ4v) is 4.48. The predicted molar refractivity (Wildman–Crippen MR) is 81.4 cm³/mol. The van der Waals surface area contributed by atoms with E-state index in [0.29, 0.717) is 29.9 Å². The van der Waals surface area contributed by atoms with Gasteiger partial charge in [0.2, 0.25) is 10.0 Å². The van der Waals surface area contributed by atoms with Crippen molar-refractivity contribution in [1.82, 2.24) is 9.21 Å². The van der Waals surface area contributed by atoms with Crippen LogP contribution in [-0.4, -0.2) is 57.0 Å². The summed E-state index contributed by atoms with van der Waals surface area (Å²) in [5, 5.41) is 0.315. The van der Waals surface area contributed by atoms with Crippen LogP contribution in [0.25, 0.3) is 0 Å². The van der Waals surface area contributed by atoms with Gasteiger partial charge in [0.15, 0.2) is 0 Å². The Bertz CT molecular complexity index is 623. The van der Waals surface area contributed by atoms with Gasteiger partial charge < -0.3 is 4.74 Å². The summed E-state index contributed by atoms with van der Waals surface area (Å²) in [6.07, 6.45) is 2.50. The smallest absolute Gasteiger partial charge is 0.243 e. The SMILES string of the molecule is COc1ccc(S(=O)(=O)N2CCN(C3CC3)CC2)cc1Cl. The number of ether oxygens (including phenoxy) is 1. The average Bonchev–Trinajstić information content (AvgIpc) is 3.32. The van der Waals surface area contributed by atoms with Crippen molar-refractivity contribution in [2.45, 2.75) is 23.8 Å². The van der Waals surface area contributed by atoms with Crippen LogP contribution in [0.4, 0.5) is 0 Å². The van der Waals surface area contributed by atoms with Gasteiger partial charge in [-0.3, -0.25) is 4.90 Å². The molecule has 0 bridgehead atoms. The van der Waals surface area contributed by atoms with Crippen LogP contribution in [0.1, 0.15) is 12.8 Å². The van der Waals surface area contributed by atoms with Crippen LogP contribution in [-0.2, 0) is 10.0 Å². The van der Waals surface area contributed by atoms with E-state index in [1.165, 1.54) is 26.0 Å². The predicted octanol–water partition coefficient (Wildman–Crippen LogP) is 1.82. The number of nitrogens with zero attached hydrogens (tertiary/aromatic N) is 2. The van der Waals surface area contributed by atoms with Crippen molar-refractivity contribution >= 4 is 21.6 Å². The van der Waals surface area contributed by atoms with Crippen molar-refractivity contribution in [3.63, 3.8) is 0 Å². The Labute approximate surface area is 130 Å². The molecule has 3 rings (SSSR count). The summed E-state index contributed by atoms with van der Waals surface area (Å²) in [6.45, 7) is 2.71. The average molecular weight is 331 g/mol. The molecule has 0 atom stereocenters. The summed E-state index contributed by atoms with van der Waals surface area (Å²) in [6, 6.07) is 5.29. The molecule has 2 aliphatic rings. The molecule has 21 heavy (non-hydrogen) atoms. The normalized spacial score (nSPS) is 21.4. The first-order valence-electron chi connectivity index (χ1n) is 7.10. The second-order valence-electron chi connectivity index (χ2n) is 5.47. The molecule has 0 amide bonds. The van der Waals surface area contributed by atoms with Gasteiger partial charge >= 0.3 is 0 Å². The summed E-state index contributed by atoms with van der Waals surface area (Å²) in [5.41, 5.74) is 0. The van der Waals surface area contributed by atoms with E-state index in [1.807, 2.05) is 0 Å². The van der Waals surface area contributed by atoms with Gasteiger partial charge in [-0.2, -0.15) is 4.31 Å². The topological polar surface area (TPSA) is 49.9 Å². The lowest BCUT2D eigenvalue weighted by Gasteiger charge is -2.34. The highest BCUT2D eigenvalue weighted by Gasteiger charge is 2.35. The van der Waals surface area contributed by atoms with Crippen LogP contribution >= 0.6 is 11.6 Å². The summed E-state index contributed by atoms with van der Waals surface area (Å²) in [5.74, 6) is 0.481. The van der Waals surface area contributed by atoms with Crippen LogP contribution in [0.3, 0.4) is 0 Å². The fraction of sp³-hybridized carbons (Fsp3) is 0.571. The number of hydrogen-bond donors (Lipinski definition) is 0. The van der Waals surface area contributed by atoms with Crippen LogP contribution in [0.5, 0.6) is 5.75 Å². The van der Waals surface area contributed by atoms with E-state index in [-0.39, 0.29) is 4.90 Å². The number of hydrogen-bond acceptors (Lipinski definition) is 4. The number of benzene rings is 1. The lowest BCUT2D eigenvalue weighted by molar-refractivity contribution is 0.180. The van der Waals surface area contributed by atoms with E-state index in [2.05, 4.69) is 4.90 Å². The molecule has 0 radical (unpaired) electrons. The number of methoxy groups -OCH3 is 1. The maximum atomic E-state index is 12.6. The van der Waals surface area contributed by atoms with E-state index in [4.69, 9.17) is 16.3 Å². The number of piperazine rings is 1. The van der Waals surface area contributed by atoms with Crippen LogP contribution in [0.15, 0.2) is 23.1 Å². The van der Waals surface area contributed by atoms with Crippen molar-refractivity contribution < 1.29 is 13.2 Å². The van der Waals surface area contributed by atoms with Gasteiger partial charge in [-0.15, -0.1) is 0 Å². The molecule has 0 aromatic heterocycles. The van der Waals surface area contributed by atoms with Gasteiger partial charge in [0, 0.05) is 32.2 Å². The first-order chi connectivity index (χ1) is 10.0. The third kappa shape index (κ3) is 3.04. The molecule has 1 saturated heterocycles. The molecule has 1 aromatic carbocycles. The maximum absolute atomic E-state index is 12.6. The van der Waals surface area contributed by atoms with Crippen LogP contribution < -0.4 is 4.74 Å². The molecule has 0 N–H and O–H groups in total. The first kappa shape index (κ1) is 15.1. The van der Waals surface area contributed by atoms with E-state index in [1.54, 1.807) is 16.4 Å². The molecule has 1 aliphatic carbocycles. The second kappa shape index (κ2) is 5.76. The second-order valence-corrected chi connectivity index (χ2v) is 7.81. The van der Waals surface area contributed by atoms with Crippen molar-refractivity contribution in [1.29, 1.82) is 0 Å². The Kier molecular flexibility index (Phi) is 4.14. The monoisotopic (exact) mass is 330 g/mol. The molecule has 1 aliphatic heterocycles. The van der Waals surface area contributed by atoms with Crippen molar-refractivity contribution in [2.75, 3.05) is 33.3 Å². The third-order valence-electron chi connectivity index (χ3n) is 4.10. The first-order valence-corrected chi connectivity index (χ1v) is 8.92. The van der Waals surface area contributed by atoms with Crippen molar-refractivity contribution in [2.24, 2.45) is 0 Å². The van der Waals surface area contributed by atoms with Gasteiger partial charge in [0.25, 0.3) is 0 Å². The van der Waals surface area contributed by atoms with Gasteiger partial charge in [-0.1, -0.05) is 11.6 Å². The number of halogens is 1. The Morgan fingerprint density at radius 1 is 1.19 bits per heavy atom. The van der Waals surface area contributed by atoms with E-state index < -0.39 is 10.0 Å². The zero-order chi connectivity index (χ0) is 15.0. The van der Waals surface area contributed by atoms with E-state index in [9.17, 15) is 8.42 Å². The minimum Gasteiger partial charge on any atom is -0.495 e. The zero-order valence-electron chi connectivity index (χ0n) is 12.0. The molecule has 0 spiro atoms. The Morgan fingerprint density at radius 2 is 1.86 bits per heavy atom. The lowest BCUT2D eigenvalue weighted by atomic mass is 10.3. The highest BCUT2D eigenvalue weighted by Crippen LogP contribution is 2.30. The highest BCUT2D eigenvalue weighted by atomic mass is 35.5. The summed E-state index contributed by atoms with van der Waals surface area (Å²) >= 11 is 6.03. The molecule has 1 heterocycles. The largest absolute Gasteiger partial charge is 0.495 e. The quantitative estimate of drug-likeness (QED) is 0.845. The van der Waals surface area contributed by atoms with Gasteiger partial charge in [-0.25, -0.2) is 8.42 Å². The lowest BCUT2D eigenvalue weighted by Crippen LogP contribution is -2.49. The van der Waals surface area contributed by atoms with Gasteiger partial charge in [0.05, 0.1) is 17.0 Å². The van der Waals surface area contributed by atoms with Gasteiger partial charge in [-0.05, 0) is 31.0 Å². The van der Waals surface area contributed by atoms with E-state index in [0.717, 1.165) is 13.1 Å². The summed E-state index contributed by atoms with van der Waals surface area (Å²) in [7, 11) is -1.97. The van der Waals surface area contributed by atoms with Crippen LogP contribution in [0, 0.1) is 0 Å².